The lowest BCUT2D eigenvalue weighted by molar-refractivity contribution is -0.133. The SMILES string of the molecule is N#Cc1cccc(-c2cccc(C3=NN=C(SCC(=O)O)C3)c2)c1. The van der Waals surface area contributed by atoms with E-state index < -0.39 is 5.97 Å². The molecule has 5 nitrogen and oxygen atoms in total. The summed E-state index contributed by atoms with van der Waals surface area (Å²) in [6, 6.07) is 17.5. The number of thioether (sulfide) groups is 1. The van der Waals surface area contributed by atoms with Crippen molar-refractivity contribution in [3.05, 3.63) is 59.7 Å². The Morgan fingerprint density at radius 3 is 2.58 bits per heavy atom. The molecule has 118 valence electrons. The molecule has 0 unspecified atom stereocenters. The molecule has 0 bridgehead atoms. The molecule has 2 aromatic rings. The molecule has 0 aromatic heterocycles. The molecule has 1 heterocycles. The van der Waals surface area contributed by atoms with Crippen LogP contribution in [0.5, 0.6) is 0 Å². The Morgan fingerprint density at radius 2 is 1.83 bits per heavy atom. The van der Waals surface area contributed by atoms with E-state index in [9.17, 15) is 4.79 Å². The molecular formula is C18H13N3O2S. The fourth-order valence-electron chi connectivity index (χ4n) is 2.36. The molecule has 2 aromatic carbocycles. The number of nitriles is 1. The zero-order valence-electron chi connectivity index (χ0n) is 12.6. The highest BCUT2D eigenvalue weighted by molar-refractivity contribution is 8.14. The molecule has 6 heteroatoms. The van der Waals surface area contributed by atoms with Crippen LogP contribution in [0.2, 0.25) is 0 Å². The number of hydrogen-bond donors (Lipinski definition) is 1. The van der Waals surface area contributed by atoms with Crippen molar-refractivity contribution in [2.45, 2.75) is 6.42 Å². The predicted octanol–water partition coefficient (Wildman–Crippen LogP) is 3.55. The Balaban J connectivity index is 1.78. The van der Waals surface area contributed by atoms with Gasteiger partial charge in [0.2, 0.25) is 0 Å². The van der Waals surface area contributed by atoms with Crippen LogP contribution in [0, 0.1) is 11.3 Å². The van der Waals surface area contributed by atoms with Gasteiger partial charge in [0.15, 0.2) is 0 Å². The fourth-order valence-corrected chi connectivity index (χ4v) is 2.99. The van der Waals surface area contributed by atoms with Gasteiger partial charge in [-0.25, -0.2) is 0 Å². The van der Waals surface area contributed by atoms with E-state index in [1.807, 2.05) is 42.5 Å². The summed E-state index contributed by atoms with van der Waals surface area (Å²) in [7, 11) is 0. The largest absolute Gasteiger partial charge is 0.481 e. The molecule has 1 aliphatic heterocycles. The molecule has 0 amide bonds. The van der Waals surface area contributed by atoms with Crippen LogP contribution in [-0.4, -0.2) is 27.6 Å². The van der Waals surface area contributed by atoms with E-state index in [2.05, 4.69) is 16.3 Å². The molecule has 0 fully saturated rings. The first kappa shape index (κ1) is 16.0. The minimum absolute atomic E-state index is 0.0113. The number of hydrogen-bond acceptors (Lipinski definition) is 5. The van der Waals surface area contributed by atoms with Crippen LogP contribution in [0.4, 0.5) is 0 Å². The number of benzene rings is 2. The van der Waals surface area contributed by atoms with Crippen molar-refractivity contribution in [2.24, 2.45) is 10.2 Å². The summed E-state index contributed by atoms with van der Waals surface area (Å²) in [5.41, 5.74) is 4.35. The van der Waals surface area contributed by atoms with Crippen molar-refractivity contribution in [1.29, 1.82) is 5.26 Å². The van der Waals surface area contributed by atoms with Crippen LogP contribution in [0.3, 0.4) is 0 Å². The summed E-state index contributed by atoms with van der Waals surface area (Å²) in [5, 5.41) is 26.7. The highest BCUT2D eigenvalue weighted by Crippen LogP contribution is 2.24. The Bertz CT molecular complexity index is 897. The van der Waals surface area contributed by atoms with Gasteiger partial charge in [-0.15, -0.1) is 5.10 Å². The quantitative estimate of drug-likeness (QED) is 0.926. The Labute approximate surface area is 143 Å². The highest BCUT2D eigenvalue weighted by Gasteiger charge is 2.16. The monoisotopic (exact) mass is 335 g/mol. The first-order chi connectivity index (χ1) is 11.7. The van der Waals surface area contributed by atoms with E-state index in [4.69, 9.17) is 10.4 Å². The third kappa shape index (κ3) is 3.70. The van der Waals surface area contributed by atoms with Crippen LogP contribution in [0.1, 0.15) is 17.5 Å². The maximum absolute atomic E-state index is 10.6. The van der Waals surface area contributed by atoms with E-state index in [-0.39, 0.29) is 5.75 Å². The molecule has 0 saturated heterocycles. The van der Waals surface area contributed by atoms with Crippen LogP contribution in [0.25, 0.3) is 11.1 Å². The number of aliphatic carboxylic acids is 1. The summed E-state index contributed by atoms with van der Waals surface area (Å²) in [5.74, 6) is -0.877. The molecule has 1 aliphatic rings. The van der Waals surface area contributed by atoms with Crippen LogP contribution in [0.15, 0.2) is 58.7 Å². The maximum atomic E-state index is 10.6. The summed E-state index contributed by atoms with van der Waals surface area (Å²) in [4.78, 5) is 10.6. The summed E-state index contributed by atoms with van der Waals surface area (Å²) < 4.78 is 0. The number of carboxylic acid groups (broad SMARTS) is 1. The summed E-state index contributed by atoms with van der Waals surface area (Å²) in [6.45, 7) is 0. The molecule has 0 aliphatic carbocycles. The lowest BCUT2D eigenvalue weighted by atomic mass is 9.99. The Hall–Kier alpha value is -2.91. The van der Waals surface area contributed by atoms with Crippen LogP contribution in [-0.2, 0) is 4.79 Å². The maximum Gasteiger partial charge on any atom is 0.313 e. The van der Waals surface area contributed by atoms with E-state index in [1.54, 1.807) is 6.07 Å². The first-order valence-corrected chi connectivity index (χ1v) is 8.23. The van der Waals surface area contributed by atoms with Crippen molar-refractivity contribution < 1.29 is 9.90 Å². The second kappa shape index (κ2) is 7.11. The van der Waals surface area contributed by atoms with Gasteiger partial charge in [0.05, 0.1) is 23.1 Å². The van der Waals surface area contributed by atoms with Crippen molar-refractivity contribution in [2.75, 3.05) is 5.75 Å². The van der Waals surface area contributed by atoms with Gasteiger partial charge in [0.25, 0.3) is 0 Å². The molecule has 3 rings (SSSR count). The number of carbonyl (C=O) groups is 1. The minimum Gasteiger partial charge on any atom is -0.481 e. The van der Waals surface area contributed by atoms with E-state index in [1.165, 1.54) is 11.8 Å². The van der Waals surface area contributed by atoms with E-state index in [0.29, 0.717) is 17.0 Å². The Kier molecular flexibility index (Phi) is 4.73. The second-order valence-electron chi connectivity index (χ2n) is 5.17. The van der Waals surface area contributed by atoms with E-state index >= 15 is 0 Å². The van der Waals surface area contributed by atoms with Crippen molar-refractivity contribution in [3.8, 4) is 17.2 Å². The summed E-state index contributed by atoms with van der Waals surface area (Å²) >= 11 is 1.20. The molecule has 0 saturated carbocycles. The number of rotatable bonds is 4. The first-order valence-electron chi connectivity index (χ1n) is 7.24. The molecule has 0 atom stereocenters. The van der Waals surface area contributed by atoms with Gasteiger partial charge in [-0.3, -0.25) is 4.79 Å². The van der Waals surface area contributed by atoms with Crippen LogP contribution < -0.4 is 0 Å². The summed E-state index contributed by atoms with van der Waals surface area (Å²) in [6.07, 6.45) is 0.541. The van der Waals surface area contributed by atoms with Gasteiger partial charge < -0.3 is 5.11 Å². The topological polar surface area (TPSA) is 85.8 Å². The van der Waals surface area contributed by atoms with Gasteiger partial charge in [-0.2, -0.15) is 10.4 Å². The second-order valence-corrected chi connectivity index (χ2v) is 6.22. The number of nitrogens with zero attached hydrogens (tertiary/aromatic N) is 3. The zero-order valence-corrected chi connectivity index (χ0v) is 13.5. The normalized spacial score (nSPS) is 13.1. The lowest BCUT2D eigenvalue weighted by Crippen LogP contribution is -2.05. The third-order valence-corrected chi connectivity index (χ3v) is 4.43. The number of carboxylic acids is 1. The standard InChI is InChI=1S/C18H13N3O2S/c19-10-12-3-1-4-13(7-12)14-5-2-6-15(8-14)16-9-17(21-20-16)24-11-18(22)23/h1-8H,9,11H2,(H,22,23). The smallest absolute Gasteiger partial charge is 0.313 e. The highest BCUT2D eigenvalue weighted by atomic mass is 32.2. The van der Waals surface area contributed by atoms with Gasteiger partial charge in [0, 0.05) is 6.42 Å². The zero-order chi connectivity index (χ0) is 16.9. The average Bonchev–Trinajstić information content (AvgIpc) is 3.09. The minimum atomic E-state index is -0.865. The molecule has 1 N–H and O–H groups in total. The molecular weight excluding hydrogens is 322 g/mol. The van der Waals surface area contributed by atoms with Crippen molar-refractivity contribution >= 4 is 28.5 Å². The average molecular weight is 335 g/mol. The predicted molar refractivity (Wildman–Crippen MR) is 95.3 cm³/mol. The fraction of sp³-hybridized carbons (Fsp3) is 0.111. The van der Waals surface area contributed by atoms with Crippen molar-refractivity contribution in [1.82, 2.24) is 0 Å². The van der Waals surface area contributed by atoms with E-state index in [0.717, 1.165) is 22.4 Å². The van der Waals surface area contributed by atoms with Gasteiger partial charge in [-0.1, -0.05) is 42.1 Å². The van der Waals surface area contributed by atoms with Gasteiger partial charge in [-0.05, 0) is 34.9 Å². The van der Waals surface area contributed by atoms with Crippen LogP contribution >= 0.6 is 11.8 Å². The Morgan fingerprint density at radius 1 is 1.12 bits per heavy atom. The molecule has 24 heavy (non-hydrogen) atoms. The lowest BCUT2D eigenvalue weighted by Gasteiger charge is -2.06. The molecule has 0 spiro atoms. The third-order valence-electron chi connectivity index (χ3n) is 3.48. The van der Waals surface area contributed by atoms with Gasteiger partial charge >= 0.3 is 5.97 Å². The molecule has 0 radical (unpaired) electrons. The van der Waals surface area contributed by atoms with Crippen molar-refractivity contribution in [3.63, 3.8) is 0 Å². The van der Waals surface area contributed by atoms with Gasteiger partial charge in [0.1, 0.15) is 5.04 Å².